The van der Waals surface area contributed by atoms with Crippen LogP contribution in [0.5, 0.6) is 0 Å². The van der Waals surface area contributed by atoms with Gasteiger partial charge in [0.05, 0.1) is 38.2 Å². The number of rotatable bonds is 49. The predicted octanol–water partition coefficient (Wildman–Crippen LogP) is 10.3. The molecule has 3 amide bonds. The molecule has 0 aliphatic heterocycles. The summed E-state index contributed by atoms with van der Waals surface area (Å²) in [5, 5.41) is 18.4. The highest BCUT2D eigenvalue weighted by molar-refractivity contribution is 7.46. The molecule has 0 aliphatic rings. The zero-order valence-electron chi connectivity index (χ0n) is 42.5. The minimum Gasteiger partial charge on any atom is -0.462 e. The van der Waals surface area contributed by atoms with Crippen LogP contribution in [-0.4, -0.2) is 92.4 Å². The Morgan fingerprint density at radius 3 is 1.43 bits per heavy atom. The summed E-state index contributed by atoms with van der Waals surface area (Å²) in [6.07, 6.45) is 29.0. The maximum absolute atomic E-state index is 13.5. The lowest BCUT2D eigenvalue weighted by atomic mass is 10.0. The van der Waals surface area contributed by atoms with E-state index in [2.05, 4.69) is 45.8 Å². The predicted molar refractivity (Wildman–Crippen MR) is 267 cm³/mol. The topological polar surface area (TPSA) is 267 Å². The van der Waals surface area contributed by atoms with Gasteiger partial charge >= 0.3 is 21.6 Å². The van der Waals surface area contributed by atoms with E-state index in [1.54, 1.807) is 0 Å². The Morgan fingerprint density at radius 1 is 0.500 bits per heavy atom. The monoisotopic (exact) mass is 1010 g/mol. The molecule has 8 N–H and O–H groups in total. The minimum atomic E-state index is -4.89. The number of aliphatic hydroxyl groups is 1. The summed E-state index contributed by atoms with van der Waals surface area (Å²) >= 11 is 0. The third-order valence-corrected chi connectivity index (χ3v) is 13.0. The van der Waals surface area contributed by atoms with Crippen molar-refractivity contribution in [2.45, 2.75) is 270 Å². The lowest BCUT2D eigenvalue weighted by Gasteiger charge is -2.22. The first kappa shape index (κ1) is 66.1. The fourth-order valence-electron chi connectivity index (χ4n) is 8.09. The largest absolute Gasteiger partial charge is 0.469 e. The molecule has 0 bridgehead atoms. The highest BCUT2D eigenvalue weighted by Crippen LogP contribution is 2.36. The van der Waals surface area contributed by atoms with E-state index in [0.717, 1.165) is 70.6 Å². The van der Waals surface area contributed by atoms with E-state index < -0.39 is 70.9 Å². The smallest absolute Gasteiger partial charge is 0.462 e. The molecule has 0 aromatic rings. The van der Waals surface area contributed by atoms with Gasteiger partial charge in [0.2, 0.25) is 17.7 Å². The number of aliphatic hydroxyl groups excluding tert-OH is 1. The van der Waals surface area contributed by atoms with Crippen molar-refractivity contribution in [1.82, 2.24) is 16.0 Å². The molecule has 68 heavy (non-hydrogen) atoms. The van der Waals surface area contributed by atoms with Gasteiger partial charge in [0.1, 0.15) is 12.1 Å². The molecule has 2 unspecified atom stereocenters. The van der Waals surface area contributed by atoms with E-state index in [9.17, 15) is 53.0 Å². The molecule has 0 saturated carbocycles. The molecular formula is C49H97N3O14P2. The maximum atomic E-state index is 13.5. The Bertz CT molecular complexity index is 1370. The summed E-state index contributed by atoms with van der Waals surface area (Å²) < 4.78 is 38.0. The van der Waals surface area contributed by atoms with Crippen LogP contribution in [0, 0.1) is 0 Å². The lowest BCUT2D eigenvalue weighted by Crippen LogP contribution is -2.48. The highest BCUT2D eigenvalue weighted by Gasteiger charge is 2.26. The number of amides is 3. The molecule has 0 saturated heterocycles. The zero-order chi connectivity index (χ0) is 50.7. The molecule has 0 heterocycles. The molecule has 0 radical (unpaired) electrons. The summed E-state index contributed by atoms with van der Waals surface area (Å²) in [5.74, 6) is -2.17. The number of carbonyl (C=O) groups excluding carboxylic acids is 4. The molecule has 4 atom stereocenters. The van der Waals surface area contributed by atoms with Crippen LogP contribution in [0.15, 0.2) is 0 Å². The van der Waals surface area contributed by atoms with Crippen molar-refractivity contribution in [3.63, 3.8) is 0 Å². The van der Waals surface area contributed by atoms with E-state index in [0.29, 0.717) is 19.3 Å². The summed E-state index contributed by atoms with van der Waals surface area (Å²) in [4.78, 5) is 89.8. The number of ether oxygens (including phenoxy) is 1. The van der Waals surface area contributed by atoms with Crippen molar-refractivity contribution in [3.05, 3.63) is 0 Å². The SMILES string of the molecule is CCCCCCCCCCCC(=O)O[C@H](CCCCCCCCCCC)CC(=O)NC(CCOP(=O)(O)O)C(=O)NCCCC(COP(=O)(O)O)NC(=O)C[C@H](O)CCCCCCCCCCC. The van der Waals surface area contributed by atoms with Crippen molar-refractivity contribution in [1.29, 1.82) is 0 Å². The Balaban J connectivity index is 5.40. The molecule has 0 spiro atoms. The molecule has 402 valence electrons. The van der Waals surface area contributed by atoms with Gasteiger partial charge in [-0.3, -0.25) is 28.2 Å². The highest BCUT2D eigenvalue weighted by atomic mass is 31.2. The van der Waals surface area contributed by atoms with Gasteiger partial charge in [-0.15, -0.1) is 0 Å². The Morgan fingerprint density at radius 2 is 0.941 bits per heavy atom. The van der Waals surface area contributed by atoms with E-state index in [4.69, 9.17) is 4.74 Å². The fraction of sp³-hybridized carbons (Fsp3) is 0.918. The second-order valence-electron chi connectivity index (χ2n) is 18.7. The van der Waals surface area contributed by atoms with Crippen LogP contribution in [0.3, 0.4) is 0 Å². The number of phosphoric ester groups is 2. The summed E-state index contributed by atoms with van der Waals surface area (Å²) in [6.45, 7) is 5.47. The fourth-order valence-corrected chi connectivity index (χ4v) is 8.81. The van der Waals surface area contributed by atoms with Gasteiger partial charge in [-0.1, -0.05) is 181 Å². The molecule has 17 nitrogen and oxygen atoms in total. The van der Waals surface area contributed by atoms with Crippen molar-refractivity contribution in [2.75, 3.05) is 19.8 Å². The number of hydrogen-bond donors (Lipinski definition) is 8. The van der Waals surface area contributed by atoms with E-state index in [1.807, 2.05) is 0 Å². The van der Waals surface area contributed by atoms with Crippen LogP contribution in [0.25, 0.3) is 0 Å². The molecule has 0 rings (SSSR count). The van der Waals surface area contributed by atoms with Crippen molar-refractivity contribution in [2.24, 2.45) is 0 Å². The molecular weight excluding hydrogens is 916 g/mol. The van der Waals surface area contributed by atoms with Crippen LogP contribution >= 0.6 is 15.6 Å². The van der Waals surface area contributed by atoms with Gasteiger partial charge in [-0.25, -0.2) is 9.13 Å². The Hall–Kier alpha value is -1.94. The first-order valence-corrected chi connectivity index (χ1v) is 29.7. The van der Waals surface area contributed by atoms with Gasteiger partial charge in [0.15, 0.2) is 0 Å². The summed E-state index contributed by atoms with van der Waals surface area (Å²) in [7, 11) is -9.77. The lowest BCUT2D eigenvalue weighted by molar-refractivity contribution is -0.151. The van der Waals surface area contributed by atoms with Gasteiger partial charge in [0, 0.05) is 19.4 Å². The normalized spacial score (nSPS) is 13.7. The van der Waals surface area contributed by atoms with E-state index in [-0.39, 0.29) is 51.0 Å². The number of hydrogen-bond acceptors (Lipinski definition) is 10. The standard InChI is InChI=1S/C49H97N3O14P2/c1-4-7-10-13-16-19-22-25-28-33-43(53)39-46(54)51-42(41-65-68(61,62)63)32-31-37-50-49(57)45(36-38-64-67(58,59)60)52-47(55)40-44(34-29-26-23-20-17-14-11-8-5-2)66-48(56)35-30-27-24-21-18-15-12-9-6-3/h42-45,53H,4-41H2,1-3H3,(H,50,57)(H,51,54)(H,52,55)(H2,58,59,60)(H2,61,62,63)/t42?,43-,44-,45?/m1/s1. The zero-order valence-corrected chi connectivity index (χ0v) is 44.3. The van der Waals surface area contributed by atoms with Crippen molar-refractivity contribution in [3.8, 4) is 0 Å². The third kappa shape index (κ3) is 45.2. The molecule has 0 aromatic carbocycles. The Labute approximate surface area is 410 Å². The number of phosphoric acid groups is 2. The number of esters is 1. The Kier molecular flexibility index (Phi) is 42.6. The van der Waals surface area contributed by atoms with Crippen LogP contribution in [0.4, 0.5) is 0 Å². The first-order valence-electron chi connectivity index (χ1n) is 26.6. The second-order valence-corrected chi connectivity index (χ2v) is 21.2. The minimum absolute atomic E-state index is 0.00817. The maximum Gasteiger partial charge on any atom is 0.469 e. The van der Waals surface area contributed by atoms with Crippen molar-refractivity contribution < 1.29 is 66.8 Å². The summed E-state index contributed by atoms with van der Waals surface area (Å²) in [6, 6.07) is -2.15. The number of unbranched alkanes of at least 4 members (excludes halogenated alkanes) is 24. The van der Waals surface area contributed by atoms with Crippen LogP contribution in [0.2, 0.25) is 0 Å². The molecule has 0 aromatic heterocycles. The van der Waals surface area contributed by atoms with Gasteiger partial charge < -0.3 is 45.4 Å². The third-order valence-electron chi connectivity index (χ3n) is 12.0. The first-order chi connectivity index (χ1) is 32.5. The summed E-state index contributed by atoms with van der Waals surface area (Å²) in [5.41, 5.74) is 0. The second kappa shape index (κ2) is 43.8. The van der Waals surface area contributed by atoms with Gasteiger partial charge in [-0.05, 0) is 38.5 Å². The van der Waals surface area contributed by atoms with E-state index in [1.165, 1.54) is 96.3 Å². The van der Waals surface area contributed by atoms with Crippen LogP contribution in [0.1, 0.15) is 245 Å². The van der Waals surface area contributed by atoms with Gasteiger partial charge in [-0.2, -0.15) is 0 Å². The average Bonchev–Trinajstić information content (AvgIpc) is 3.26. The van der Waals surface area contributed by atoms with E-state index >= 15 is 0 Å². The van der Waals surface area contributed by atoms with Gasteiger partial charge in [0.25, 0.3) is 0 Å². The molecule has 0 fully saturated rings. The quantitative estimate of drug-likeness (QED) is 0.0160. The van der Waals surface area contributed by atoms with Crippen LogP contribution in [-0.2, 0) is 42.1 Å². The average molecular weight is 1010 g/mol. The van der Waals surface area contributed by atoms with Crippen molar-refractivity contribution >= 4 is 39.3 Å². The molecule has 19 heteroatoms. The number of carbonyl (C=O) groups is 4. The number of nitrogens with one attached hydrogen (secondary N) is 3. The molecule has 0 aliphatic carbocycles. The van der Waals surface area contributed by atoms with Crippen LogP contribution < -0.4 is 16.0 Å².